The lowest BCUT2D eigenvalue weighted by Gasteiger charge is -2.31. The first-order valence-electron chi connectivity index (χ1n) is 6.26. The van der Waals surface area contributed by atoms with Crippen LogP contribution in [0, 0.1) is 0 Å². The van der Waals surface area contributed by atoms with Crippen LogP contribution in [0.5, 0.6) is 5.75 Å². The van der Waals surface area contributed by atoms with Crippen LogP contribution in [0.2, 0.25) is 0 Å². The van der Waals surface area contributed by atoms with E-state index >= 15 is 0 Å². The molecule has 0 aromatic heterocycles. The smallest absolute Gasteiger partial charge is 0.408 e. The first-order chi connectivity index (χ1) is 8.87. The summed E-state index contributed by atoms with van der Waals surface area (Å²) in [4.78, 5) is 11.8. The van der Waals surface area contributed by atoms with Crippen molar-refractivity contribution < 1.29 is 19.4 Å². The Labute approximate surface area is 112 Å². The molecule has 0 saturated heterocycles. The number of benzene rings is 1. The molecule has 0 spiro atoms. The van der Waals surface area contributed by atoms with E-state index in [0.717, 1.165) is 5.56 Å². The predicted molar refractivity (Wildman–Crippen MR) is 70.1 cm³/mol. The van der Waals surface area contributed by atoms with Gasteiger partial charge in [0.05, 0.1) is 6.04 Å². The lowest BCUT2D eigenvalue weighted by molar-refractivity contribution is 0.0276. The fraction of sp³-hybridized carbons (Fsp3) is 0.500. The number of aliphatic hydroxyl groups excluding tert-OH is 1. The number of para-hydroxylation sites is 1. The van der Waals surface area contributed by atoms with Gasteiger partial charge in [-0.2, -0.15) is 0 Å². The number of ether oxygens (including phenoxy) is 2. The monoisotopic (exact) mass is 265 g/mol. The molecule has 0 bridgehead atoms. The van der Waals surface area contributed by atoms with Gasteiger partial charge in [-0.3, -0.25) is 0 Å². The van der Waals surface area contributed by atoms with Gasteiger partial charge in [-0.15, -0.1) is 0 Å². The zero-order chi connectivity index (χ0) is 14.0. The molecule has 0 radical (unpaired) electrons. The van der Waals surface area contributed by atoms with Crippen LogP contribution in [0.4, 0.5) is 4.79 Å². The second-order valence-corrected chi connectivity index (χ2v) is 5.54. The molecule has 0 aliphatic carbocycles. The fourth-order valence-corrected chi connectivity index (χ4v) is 1.96. The van der Waals surface area contributed by atoms with Crippen molar-refractivity contribution in [2.45, 2.75) is 38.5 Å². The van der Waals surface area contributed by atoms with Crippen molar-refractivity contribution in [2.24, 2.45) is 0 Å². The van der Waals surface area contributed by atoms with Crippen molar-refractivity contribution in [1.82, 2.24) is 5.32 Å². The van der Waals surface area contributed by atoms with Crippen molar-refractivity contribution in [2.75, 3.05) is 6.61 Å². The summed E-state index contributed by atoms with van der Waals surface area (Å²) < 4.78 is 10.6. The summed E-state index contributed by atoms with van der Waals surface area (Å²) in [5.41, 5.74) is 0.187. The van der Waals surface area contributed by atoms with Gasteiger partial charge in [0.25, 0.3) is 0 Å². The highest BCUT2D eigenvalue weighted by atomic mass is 16.6. The Morgan fingerprint density at radius 3 is 2.79 bits per heavy atom. The molecule has 1 heterocycles. The van der Waals surface area contributed by atoms with Crippen LogP contribution < -0.4 is 10.1 Å². The highest BCUT2D eigenvalue weighted by Crippen LogP contribution is 2.31. The first-order valence-corrected chi connectivity index (χ1v) is 6.26. The van der Waals surface area contributed by atoms with Gasteiger partial charge in [0.2, 0.25) is 0 Å². The number of nitrogens with one attached hydrogen (secondary N) is 1. The van der Waals surface area contributed by atoms with Crippen molar-refractivity contribution in [3.63, 3.8) is 0 Å². The summed E-state index contributed by atoms with van der Waals surface area (Å²) in [5.74, 6) is 0.675. The van der Waals surface area contributed by atoms with Crippen LogP contribution >= 0.6 is 0 Å². The molecular weight excluding hydrogens is 246 g/mol. The molecule has 104 valence electrons. The molecule has 1 aliphatic rings. The molecule has 0 unspecified atom stereocenters. The Morgan fingerprint density at radius 2 is 2.11 bits per heavy atom. The Morgan fingerprint density at radius 1 is 1.42 bits per heavy atom. The molecule has 19 heavy (non-hydrogen) atoms. The Bertz CT molecular complexity index is 467. The summed E-state index contributed by atoms with van der Waals surface area (Å²) in [6, 6.07) is 6.80. The molecule has 1 amide bonds. The third kappa shape index (κ3) is 3.38. The topological polar surface area (TPSA) is 67.8 Å². The molecule has 5 nitrogen and oxygen atoms in total. The quantitative estimate of drug-likeness (QED) is 0.815. The molecule has 1 aromatic rings. The number of hydrogen-bond acceptors (Lipinski definition) is 4. The third-order valence-electron chi connectivity index (χ3n) is 2.72. The van der Waals surface area contributed by atoms with Crippen LogP contribution in [0.3, 0.4) is 0 Å². The van der Waals surface area contributed by atoms with Crippen LogP contribution in [-0.4, -0.2) is 29.5 Å². The summed E-state index contributed by atoms with van der Waals surface area (Å²) >= 11 is 0. The second-order valence-electron chi connectivity index (χ2n) is 5.54. The van der Waals surface area contributed by atoms with E-state index in [2.05, 4.69) is 5.32 Å². The van der Waals surface area contributed by atoms with Crippen molar-refractivity contribution in [3.8, 4) is 5.75 Å². The van der Waals surface area contributed by atoms with E-state index in [4.69, 9.17) is 9.47 Å². The van der Waals surface area contributed by atoms with Crippen LogP contribution in [0.1, 0.15) is 32.4 Å². The number of fused-ring (bicyclic) bond motifs is 1. The predicted octanol–water partition coefficient (Wildman–Crippen LogP) is 2.01. The molecule has 1 aliphatic heterocycles. The number of amides is 1. The van der Waals surface area contributed by atoms with Gasteiger partial charge in [0.15, 0.2) is 0 Å². The Kier molecular flexibility index (Phi) is 3.66. The minimum absolute atomic E-state index is 0.150. The summed E-state index contributed by atoms with van der Waals surface area (Å²) in [6.07, 6.45) is -1.34. The maximum absolute atomic E-state index is 11.8. The van der Waals surface area contributed by atoms with E-state index in [-0.39, 0.29) is 6.61 Å². The van der Waals surface area contributed by atoms with Crippen molar-refractivity contribution >= 4 is 6.09 Å². The van der Waals surface area contributed by atoms with Crippen LogP contribution in [-0.2, 0) is 4.74 Å². The molecule has 0 fully saturated rings. The highest BCUT2D eigenvalue weighted by molar-refractivity contribution is 5.69. The second kappa shape index (κ2) is 5.09. The fourth-order valence-electron chi connectivity index (χ4n) is 1.96. The Hall–Kier alpha value is -1.75. The molecule has 2 N–H and O–H groups in total. The number of carbonyl (C=O) groups excluding carboxylic acids is 1. The first kappa shape index (κ1) is 13.7. The lowest BCUT2D eigenvalue weighted by atomic mass is 9.98. The van der Waals surface area contributed by atoms with E-state index in [9.17, 15) is 9.90 Å². The minimum Gasteiger partial charge on any atom is -0.490 e. The van der Waals surface area contributed by atoms with E-state index < -0.39 is 23.8 Å². The van der Waals surface area contributed by atoms with Crippen molar-refractivity contribution in [3.05, 3.63) is 29.8 Å². The summed E-state index contributed by atoms with van der Waals surface area (Å²) in [7, 11) is 0. The van der Waals surface area contributed by atoms with Gasteiger partial charge in [0.1, 0.15) is 24.1 Å². The molecule has 1 aromatic carbocycles. The van der Waals surface area contributed by atoms with Gasteiger partial charge >= 0.3 is 6.09 Å². The van der Waals surface area contributed by atoms with Crippen LogP contribution in [0.25, 0.3) is 0 Å². The van der Waals surface area contributed by atoms with Gasteiger partial charge in [-0.25, -0.2) is 4.79 Å². The normalized spacial score (nSPS) is 22.1. The van der Waals surface area contributed by atoms with Gasteiger partial charge in [-0.1, -0.05) is 18.2 Å². The molecule has 2 atom stereocenters. The zero-order valence-corrected chi connectivity index (χ0v) is 11.3. The number of aliphatic hydroxyl groups is 1. The summed E-state index contributed by atoms with van der Waals surface area (Å²) in [6.45, 7) is 5.53. The highest BCUT2D eigenvalue weighted by Gasteiger charge is 2.31. The maximum atomic E-state index is 11.8. The maximum Gasteiger partial charge on any atom is 0.408 e. The molecule has 0 saturated carbocycles. The number of rotatable bonds is 1. The van der Waals surface area contributed by atoms with Gasteiger partial charge < -0.3 is 19.9 Å². The third-order valence-corrected chi connectivity index (χ3v) is 2.72. The number of alkyl carbamates (subject to hydrolysis) is 1. The molecular formula is C14H19NO4. The average molecular weight is 265 g/mol. The van der Waals surface area contributed by atoms with Gasteiger partial charge in [0, 0.05) is 5.56 Å². The van der Waals surface area contributed by atoms with E-state index in [1.54, 1.807) is 20.8 Å². The summed E-state index contributed by atoms with van der Waals surface area (Å²) in [5, 5.41) is 12.7. The number of carbonyl (C=O) groups is 1. The van der Waals surface area contributed by atoms with Crippen LogP contribution in [0.15, 0.2) is 24.3 Å². The average Bonchev–Trinajstić information content (AvgIpc) is 2.31. The lowest BCUT2D eigenvalue weighted by Crippen LogP contribution is -2.43. The number of hydrogen-bond donors (Lipinski definition) is 2. The Balaban J connectivity index is 2.13. The molecule has 5 heteroatoms. The zero-order valence-electron chi connectivity index (χ0n) is 11.3. The standard InChI is InChI=1S/C14H19NO4/c1-14(2,3)19-13(17)15-12-9-6-4-5-7-11(9)18-8-10(12)16/h4-7,10,12,16H,8H2,1-3H3,(H,15,17)/t10-,12-/m0/s1. The molecule has 2 rings (SSSR count). The van der Waals surface area contributed by atoms with Crippen molar-refractivity contribution in [1.29, 1.82) is 0 Å². The van der Waals surface area contributed by atoms with E-state index in [1.807, 2.05) is 24.3 Å². The SMILES string of the molecule is CC(C)(C)OC(=O)N[C@H]1c2ccccc2OC[C@@H]1O. The van der Waals surface area contributed by atoms with E-state index in [0.29, 0.717) is 5.75 Å². The van der Waals surface area contributed by atoms with E-state index in [1.165, 1.54) is 0 Å². The largest absolute Gasteiger partial charge is 0.490 e. The van der Waals surface area contributed by atoms with Gasteiger partial charge in [-0.05, 0) is 26.8 Å². The minimum atomic E-state index is -0.789.